The summed E-state index contributed by atoms with van der Waals surface area (Å²) in [4.78, 5) is 0. The number of nitrogens with zero attached hydrogens (tertiary/aromatic N) is 2. The van der Waals surface area contributed by atoms with E-state index < -0.39 is 0 Å². The van der Waals surface area contributed by atoms with Gasteiger partial charge in [-0.1, -0.05) is 11.6 Å². The van der Waals surface area contributed by atoms with Crippen molar-refractivity contribution in [3.63, 3.8) is 0 Å². The highest BCUT2D eigenvalue weighted by atomic mass is 15.2. The van der Waals surface area contributed by atoms with Crippen molar-refractivity contribution in [3.05, 3.63) is 16.8 Å². The molecule has 0 aliphatic heterocycles. The molecule has 0 aromatic carbocycles. The van der Waals surface area contributed by atoms with Gasteiger partial charge < -0.3 is 0 Å². The normalized spacial score (nSPS) is 16.0. The lowest BCUT2D eigenvalue weighted by Gasteiger charge is -2.01. The Morgan fingerprint density at radius 1 is 1.55 bits per heavy atom. The first-order valence-electron chi connectivity index (χ1n) is 3.97. The fourth-order valence-electron chi connectivity index (χ4n) is 1.58. The SMILES string of the molecule is CC1=c2cnn(C)c2=CCC1. The molecule has 0 saturated heterocycles. The van der Waals surface area contributed by atoms with Crippen molar-refractivity contribution in [1.82, 2.24) is 9.78 Å². The van der Waals surface area contributed by atoms with Crippen LogP contribution >= 0.6 is 0 Å². The van der Waals surface area contributed by atoms with Crippen LogP contribution in [0.25, 0.3) is 11.6 Å². The van der Waals surface area contributed by atoms with Gasteiger partial charge >= 0.3 is 0 Å². The maximum absolute atomic E-state index is 4.21. The van der Waals surface area contributed by atoms with Gasteiger partial charge in [0, 0.05) is 12.3 Å². The summed E-state index contributed by atoms with van der Waals surface area (Å²) in [5, 5.41) is 6.83. The van der Waals surface area contributed by atoms with Gasteiger partial charge in [-0.2, -0.15) is 5.10 Å². The van der Waals surface area contributed by atoms with E-state index in [2.05, 4.69) is 18.1 Å². The zero-order chi connectivity index (χ0) is 7.84. The van der Waals surface area contributed by atoms with Crippen LogP contribution in [0.5, 0.6) is 0 Å². The van der Waals surface area contributed by atoms with Crippen LogP contribution in [0.4, 0.5) is 0 Å². The quantitative estimate of drug-likeness (QED) is 0.512. The molecule has 0 fully saturated rings. The number of aryl methyl sites for hydroxylation is 1. The summed E-state index contributed by atoms with van der Waals surface area (Å²) in [6, 6.07) is 0. The van der Waals surface area contributed by atoms with Crippen LogP contribution in [0, 0.1) is 0 Å². The minimum atomic E-state index is 1.17. The van der Waals surface area contributed by atoms with Crippen LogP contribution < -0.4 is 10.6 Å². The second-order valence-corrected chi connectivity index (χ2v) is 3.09. The zero-order valence-corrected chi connectivity index (χ0v) is 6.96. The third kappa shape index (κ3) is 0.897. The van der Waals surface area contributed by atoms with Crippen molar-refractivity contribution in [1.29, 1.82) is 0 Å². The topological polar surface area (TPSA) is 17.8 Å². The van der Waals surface area contributed by atoms with Crippen molar-refractivity contribution < 1.29 is 0 Å². The van der Waals surface area contributed by atoms with E-state index >= 15 is 0 Å². The predicted molar refractivity (Wildman–Crippen MR) is 45.2 cm³/mol. The van der Waals surface area contributed by atoms with E-state index in [0.29, 0.717) is 0 Å². The summed E-state index contributed by atoms with van der Waals surface area (Å²) in [5.74, 6) is 0. The van der Waals surface area contributed by atoms with Gasteiger partial charge in [0.25, 0.3) is 0 Å². The van der Waals surface area contributed by atoms with Crippen molar-refractivity contribution in [3.8, 4) is 0 Å². The van der Waals surface area contributed by atoms with Crippen molar-refractivity contribution in [2.24, 2.45) is 7.05 Å². The Kier molecular flexibility index (Phi) is 1.34. The van der Waals surface area contributed by atoms with Crippen molar-refractivity contribution >= 4 is 11.6 Å². The molecular weight excluding hydrogens is 136 g/mol. The molecule has 11 heavy (non-hydrogen) atoms. The van der Waals surface area contributed by atoms with Gasteiger partial charge in [0.2, 0.25) is 0 Å². The van der Waals surface area contributed by atoms with Crippen LogP contribution in [-0.2, 0) is 7.05 Å². The fraction of sp³-hybridized carbons (Fsp3) is 0.444. The van der Waals surface area contributed by atoms with Gasteiger partial charge in [-0.25, -0.2) is 0 Å². The molecule has 0 bridgehead atoms. The Bertz CT molecular complexity index is 384. The van der Waals surface area contributed by atoms with Crippen LogP contribution in [0.3, 0.4) is 0 Å². The van der Waals surface area contributed by atoms with E-state index in [1.165, 1.54) is 29.0 Å². The van der Waals surface area contributed by atoms with Crippen LogP contribution in [0.15, 0.2) is 6.20 Å². The smallest absolute Gasteiger partial charge is 0.0638 e. The molecule has 0 amide bonds. The molecule has 0 atom stereocenters. The molecule has 2 nitrogen and oxygen atoms in total. The van der Waals surface area contributed by atoms with E-state index in [-0.39, 0.29) is 0 Å². The molecule has 0 N–H and O–H groups in total. The highest BCUT2D eigenvalue weighted by molar-refractivity contribution is 5.47. The number of rotatable bonds is 0. The van der Waals surface area contributed by atoms with Gasteiger partial charge in [0.05, 0.1) is 11.5 Å². The van der Waals surface area contributed by atoms with Crippen molar-refractivity contribution in [2.75, 3.05) is 0 Å². The van der Waals surface area contributed by atoms with Gasteiger partial charge in [-0.05, 0) is 19.8 Å². The molecule has 0 saturated carbocycles. The fourth-order valence-corrected chi connectivity index (χ4v) is 1.58. The third-order valence-electron chi connectivity index (χ3n) is 2.30. The number of hydrogen-bond donors (Lipinski definition) is 0. The van der Waals surface area contributed by atoms with E-state index in [4.69, 9.17) is 0 Å². The molecule has 2 heteroatoms. The average molecular weight is 148 g/mol. The summed E-state index contributed by atoms with van der Waals surface area (Å²) in [7, 11) is 1.99. The van der Waals surface area contributed by atoms with Crippen molar-refractivity contribution in [2.45, 2.75) is 19.8 Å². The predicted octanol–water partition coefficient (Wildman–Crippen LogP) is 0.165. The molecule has 1 aromatic heterocycles. The summed E-state index contributed by atoms with van der Waals surface area (Å²) < 4.78 is 1.94. The molecule has 58 valence electrons. The van der Waals surface area contributed by atoms with Gasteiger partial charge in [-0.15, -0.1) is 0 Å². The summed E-state index contributed by atoms with van der Waals surface area (Å²) >= 11 is 0. The van der Waals surface area contributed by atoms with Crippen LogP contribution in [0.2, 0.25) is 0 Å². The first kappa shape index (κ1) is 6.65. The molecule has 0 radical (unpaired) electrons. The molecule has 1 heterocycles. The largest absolute Gasteiger partial charge is 0.268 e. The lowest BCUT2D eigenvalue weighted by Crippen LogP contribution is -2.31. The average Bonchev–Trinajstić information content (AvgIpc) is 2.35. The van der Waals surface area contributed by atoms with Gasteiger partial charge in [0.1, 0.15) is 0 Å². The second kappa shape index (κ2) is 2.22. The lowest BCUT2D eigenvalue weighted by molar-refractivity contribution is 0.738. The summed E-state index contributed by atoms with van der Waals surface area (Å²) in [6.07, 6.45) is 6.58. The lowest BCUT2D eigenvalue weighted by atomic mass is 10.1. The highest BCUT2D eigenvalue weighted by Crippen LogP contribution is 2.04. The molecule has 0 spiro atoms. The summed E-state index contributed by atoms with van der Waals surface area (Å²) in [6.45, 7) is 2.19. The Balaban J connectivity index is 2.92. The van der Waals surface area contributed by atoms with Gasteiger partial charge in [0.15, 0.2) is 0 Å². The molecular formula is C9H12N2. The highest BCUT2D eigenvalue weighted by Gasteiger charge is 2.01. The molecule has 1 aromatic rings. The monoisotopic (exact) mass is 148 g/mol. The van der Waals surface area contributed by atoms with E-state index in [1.807, 2.05) is 17.9 Å². The zero-order valence-electron chi connectivity index (χ0n) is 6.96. The van der Waals surface area contributed by atoms with E-state index in [1.54, 1.807) is 0 Å². The standard InChI is InChI=1S/C9H12N2/c1-7-4-3-5-9-8(7)6-10-11(9)2/h5-6H,3-4H2,1-2H3. The van der Waals surface area contributed by atoms with Crippen LogP contribution in [-0.4, -0.2) is 9.78 Å². The Morgan fingerprint density at radius 3 is 3.09 bits per heavy atom. The number of aromatic nitrogens is 2. The van der Waals surface area contributed by atoms with Crippen LogP contribution in [0.1, 0.15) is 19.8 Å². The minimum absolute atomic E-state index is 1.17. The maximum Gasteiger partial charge on any atom is 0.0638 e. The maximum atomic E-state index is 4.21. The number of fused-ring (bicyclic) bond motifs is 1. The second-order valence-electron chi connectivity index (χ2n) is 3.09. The molecule has 1 aliphatic carbocycles. The Morgan fingerprint density at radius 2 is 2.36 bits per heavy atom. The Labute approximate surface area is 65.8 Å². The summed E-state index contributed by atoms with van der Waals surface area (Å²) in [5.41, 5.74) is 1.47. The minimum Gasteiger partial charge on any atom is -0.268 e. The first-order valence-corrected chi connectivity index (χ1v) is 3.97. The number of hydrogen-bond acceptors (Lipinski definition) is 1. The molecule has 1 aliphatic rings. The molecule has 2 rings (SSSR count). The molecule has 0 unspecified atom stereocenters. The first-order chi connectivity index (χ1) is 5.29. The Hall–Kier alpha value is -1.05. The third-order valence-corrected chi connectivity index (χ3v) is 2.30. The van der Waals surface area contributed by atoms with E-state index in [9.17, 15) is 0 Å². The van der Waals surface area contributed by atoms with Gasteiger partial charge in [-0.3, -0.25) is 4.68 Å². The van der Waals surface area contributed by atoms with E-state index in [0.717, 1.165) is 0 Å².